The van der Waals surface area contributed by atoms with Crippen molar-refractivity contribution in [3.63, 3.8) is 0 Å². The minimum atomic E-state index is -0.601. The largest absolute Gasteiger partial charge is 0.461 e. The maximum atomic E-state index is 13.0. The third-order valence-electron chi connectivity index (χ3n) is 13.6. The van der Waals surface area contributed by atoms with Crippen LogP contribution in [0.25, 0.3) is 0 Å². The molecule has 0 aromatic heterocycles. The summed E-state index contributed by atoms with van der Waals surface area (Å²) in [5.41, 5.74) is 8.33. The highest BCUT2D eigenvalue weighted by Crippen LogP contribution is 2.67. The van der Waals surface area contributed by atoms with Crippen molar-refractivity contribution >= 4 is 17.8 Å². The van der Waals surface area contributed by atoms with Gasteiger partial charge in [-0.25, -0.2) is 0 Å². The van der Waals surface area contributed by atoms with E-state index in [0.29, 0.717) is 30.7 Å². The topological polar surface area (TPSA) is 102 Å². The minimum Gasteiger partial charge on any atom is -0.461 e. The molecular formula is C39H65N3O4. The third-order valence-corrected chi connectivity index (χ3v) is 13.6. The van der Waals surface area contributed by atoms with Gasteiger partial charge in [0, 0.05) is 13.0 Å². The molecule has 4 fully saturated rings. The van der Waals surface area contributed by atoms with Crippen LogP contribution >= 0.6 is 0 Å². The molecule has 7 heteroatoms. The Hall–Kier alpha value is -1.89. The fourth-order valence-electron chi connectivity index (χ4n) is 11.1. The lowest BCUT2D eigenvalue weighted by Gasteiger charge is -2.58. The predicted octanol–water partition coefficient (Wildman–Crippen LogP) is 7.03. The van der Waals surface area contributed by atoms with E-state index in [0.717, 1.165) is 61.2 Å². The van der Waals surface area contributed by atoms with Gasteiger partial charge in [0.15, 0.2) is 0 Å². The SMILES string of the molecule is CC(C)CC[C@@H](C)[C@H]1CC[C@H]2[C@@H]3CC=C4C[C@H](OC(=O)CNC(=O)[C@@H]5CCCN5C(=O)[C@@H](N)CC(C)C)CC[C@]4(C)[C@H]3CC[C@]12C. The van der Waals surface area contributed by atoms with Crippen molar-refractivity contribution in [2.45, 2.75) is 150 Å². The average Bonchev–Trinajstić information content (AvgIpc) is 3.63. The van der Waals surface area contributed by atoms with Crippen LogP contribution in [-0.4, -0.2) is 54.0 Å². The number of hydrogen-bond acceptors (Lipinski definition) is 5. The van der Waals surface area contributed by atoms with Gasteiger partial charge in [0.1, 0.15) is 18.7 Å². The molecule has 1 heterocycles. The number of ether oxygens (including phenoxy) is 1. The zero-order valence-corrected chi connectivity index (χ0v) is 30.1. The number of carbonyl (C=O) groups is 3. The summed E-state index contributed by atoms with van der Waals surface area (Å²) in [6.45, 7) is 16.9. The zero-order valence-electron chi connectivity index (χ0n) is 30.1. The summed E-state index contributed by atoms with van der Waals surface area (Å²) in [7, 11) is 0. The van der Waals surface area contributed by atoms with Crippen molar-refractivity contribution in [3.05, 3.63) is 11.6 Å². The molecule has 1 aliphatic heterocycles. The number of fused-ring (bicyclic) bond motifs is 5. The quantitative estimate of drug-likeness (QED) is 0.187. The molecule has 5 rings (SSSR count). The number of allylic oxidation sites excluding steroid dienone is 1. The molecule has 10 atom stereocenters. The van der Waals surface area contributed by atoms with Crippen molar-refractivity contribution in [2.24, 2.45) is 58.0 Å². The molecular weight excluding hydrogens is 574 g/mol. The van der Waals surface area contributed by atoms with Crippen LogP contribution < -0.4 is 11.1 Å². The number of nitrogens with one attached hydrogen (secondary N) is 1. The molecule has 2 amide bonds. The second-order valence-electron chi connectivity index (χ2n) is 17.4. The molecule has 5 aliphatic rings. The molecule has 46 heavy (non-hydrogen) atoms. The van der Waals surface area contributed by atoms with E-state index in [1.807, 2.05) is 13.8 Å². The lowest BCUT2D eigenvalue weighted by Crippen LogP contribution is -2.52. The summed E-state index contributed by atoms with van der Waals surface area (Å²) < 4.78 is 5.96. The molecule has 0 aromatic carbocycles. The number of nitrogens with two attached hydrogens (primary N) is 1. The van der Waals surface area contributed by atoms with E-state index in [-0.39, 0.29) is 35.8 Å². The first-order valence-electron chi connectivity index (χ1n) is 19.0. The van der Waals surface area contributed by atoms with E-state index in [1.54, 1.807) is 4.90 Å². The monoisotopic (exact) mass is 639 g/mol. The summed E-state index contributed by atoms with van der Waals surface area (Å²) in [6, 6.07) is -1.17. The molecule has 4 aliphatic carbocycles. The Kier molecular flexibility index (Phi) is 11.0. The molecule has 0 radical (unpaired) electrons. The fourth-order valence-corrected chi connectivity index (χ4v) is 11.1. The summed E-state index contributed by atoms with van der Waals surface area (Å²) >= 11 is 0. The average molecular weight is 640 g/mol. The third kappa shape index (κ3) is 7.10. The van der Waals surface area contributed by atoms with E-state index in [9.17, 15) is 14.4 Å². The van der Waals surface area contributed by atoms with Gasteiger partial charge in [0.05, 0.1) is 6.04 Å². The number of likely N-dealkylation sites (tertiary alicyclic amines) is 1. The van der Waals surface area contributed by atoms with Gasteiger partial charge < -0.3 is 20.7 Å². The second-order valence-corrected chi connectivity index (χ2v) is 17.4. The van der Waals surface area contributed by atoms with Gasteiger partial charge >= 0.3 is 5.97 Å². The van der Waals surface area contributed by atoms with Crippen LogP contribution in [0.2, 0.25) is 0 Å². The highest BCUT2D eigenvalue weighted by atomic mass is 16.5. The first kappa shape index (κ1) is 35.4. The Labute approximate surface area is 279 Å². The molecule has 260 valence electrons. The maximum absolute atomic E-state index is 13.0. The first-order valence-corrected chi connectivity index (χ1v) is 19.0. The number of esters is 1. The summed E-state index contributed by atoms with van der Waals surface area (Å²) in [6.07, 6.45) is 16.5. The summed E-state index contributed by atoms with van der Waals surface area (Å²) in [4.78, 5) is 40.4. The van der Waals surface area contributed by atoms with Gasteiger partial charge in [0.25, 0.3) is 0 Å². The first-order chi connectivity index (χ1) is 21.7. The van der Waals surface area contributed by atoms with Crippen LogP contribution in [0.15, 0.2) is 11.6 Å². The van der Waals surface area contributed by atoms with Crippen LogP contribution in [0.5, 0.6) is 0 Å². The van der Waals surface area contributed by atoms with E-state index < -0.39 is 12.1 Å². The number of carbonyl (C=O) groups excluding carboxylic acids is 3. The number of nitrogens with zero attached hydrogens (tertiary/aromatic N) is 1. The predicted molar refractivity (Wildman–Crippen MR) is 183 cm³/mol. The Balaban J connectivity index is 1.13. The van der Waals surface area contributed by atoms with Gasteiger partial charge in [-0.1, -0.05) is 73.0 Å². The van der Waals surface area contributed by atoms with Crippen molar-refractivity contribution in [1.82, 2.24) is 10.2 Å². The van der Waals surface area contributed by atoms with E-state index in [1.165, 1.54) is 50.5 Å². The lowest BCUT2D eigenvalue weighted by atomic mass is 9.47. The number of rotatable bonds is 11. The smallest absolute Gasteiger partial charge is 0.325 e. The van der Waals surface area contributed by atoms with Crippen molar-refractivity contribution in [1.29, 1.82) is 0 Å². The molecule has 0 aromatic rings. The molecule has 3 N–H and O–H groups in total. The highest BCUT2D eigenvalue weighted by Gasteiger charge is 2.59. The number of hydrogen-bond donors (Lipinski definition) is 2. The van der Waals surface area contributed by atoms with Gasteiger partial charge in [-0.3, -0.25) is 14.4 Å². The van der Waals surface area contributed by atoms with Crippen LogP contribution in [0.3, 0.4) is 0 Å². The molecule has 1 saturated heterocycles. The molecule has 7 nitrogen and oxygen atoms in total. The van der Waals surface area contributed by atoms with Crippen LogP contribution in [-0.2, 0) is 19.1 Å². The van der Waals surface area contributed by atoms with Gasteiger partial charge in [0.2, 0.25) is 11.8 Å². The fraction of sp³-hybridized carbons (Fsp3) is 0.872. The van der Waals surface area contributed by atoms with Gasteiger partial charge in [-0.05, 0) is 116 Å². The normalized spacial score (nSPS) is 36.8. The second kappa shape index (κ2) is 14.3. The highest BCUT2D eigenvalue weighted by molar-refractivity contribution is 5.91. The van der Waals surface area contributed by atoms with E-state index in [4.69, 9.17) is 10.5 Å². The van der Waals surface area contributed by atoms with Gasteiger partial charge in [-0.2, -0.15) is 0 Å². The molecule has 0 spiro atoms. The van der Waals surface area contributed by atoms with Crippen molar-refractivity contribution in [2.75, 3.05) is 13.1 Å². The molecule has 0 unspecified atom stereocenters. The van der Waals surface area contributed by atoms with E-state index in [2.05, 4.69) is 46.0 Å². The summed E-state index contributed by atoms with van der Waals surface area (Å²) in [5, 5.41) is 2.77. The van der Waals surface area contributed by atoms with Crippen molar-refractivity contribution < 1.29 is 19.1 Å². The Bertz CT molecular complexity index is 1150. The van der Waals surface area contributed by atoms with E-state index >= 15 is 0 Å². The van der Waals surface area contributed by atoms with Crippen LogP contribution in [0, 0.1) is 52.3 Å². The Morgan fingerprint density at radius 3 is 2.46 bits per heavy atom. The molecule has 0 bridgehead atoms. The zero-order chi connectivity index (χ0) is 33.4. The standard InChI is InChI=1S/C39H65N3O4/c1-24(2)10-11-26(5)30-14-15-31-29-13-12-27-22-28(16-18-38(27,6)32(29)17-19-39(30,31)7)46-35(43)23-41-36(44)34-9-8-20-42(34)37(45)33(40)21-25(3)4/h12,24-26,28-34H,8-11,13-23,40H2,1-7H3,(H,41,44)/t26-,28-,29+,30-,31+,32+,33+,34+,38+,39-/m1/s1. The molecule has 3 saturated carbocycles. The van der Waals surface area contributed by atoms with Crippen LogP contribution in [0.1, 0.15) is 132 Å². The van der Waals surface area contributed by atoms with Crippen molar-refractivity contribution in [3.8, 4) is 0 Å². The lowest BCUT2D eigenvalue weighted by molar-refractivity contribution is -0.151. The summed E-state index contributed by atoms with van der Waals surface area (Å²) in [5.74, 6) is 4.29. The van der Waals surface area contributed by atoms with Gasteiger partial charge in [-0.15, -0.1) is 0 Å². The Morgan fingerprint density at radius 1 is 0.978 bits per heavy atom. The Morgan fingerprint density at radius 2 is 1.74 bits per heavy atom. The van der Waals surface area contributed by atoms with Crippen LogP contribution in [0.4, 0.5) is 0 Å². The number of amides is 2. The minimum absolute atomic E-state index is 0.134. The maximum Gasteiger partial charge on any atom is 0.325 e.